The molecule has 0 aliphatic rings. The van der Waals surface area contributed by atoms with Crippen LogP contribution >= 0.6 is 0 Å². The molecule has 0 saturated heterocycles. The first kappa shape index (κ1) is 11.3. The maximum absolute atomic E-state index is 11.0. The Bertz CT molecular complexity index is 821. The summed E-state index contributed by atoms with van der Waals surface area (Å²) in [6, 6.07) is 12.4. The molecule has 19 heavy (non-hydrogen) atoms. The molecule has 0 aromatic heterocycles. The van der Waals surface area contributed by atoms with Crippen molar-refractivity contribution in [1.82, 2.24) is 0 Å². The summed E-state index contributed by atoms with van der Waals surface area (Å²) in [5, 5.41) is 31.6. The van der Waals surface area contributed by atoms with Gasteiger partial charge in [-0.2, -0.15) is 0 Å². The van der Waals surface area contributed by atoms with Crippen molar-refractivity contribution in [1.29, 1.82) is 0 Å². The van der Waals surface area contributed by atoms with Gasteiger partial charge in [-0.3, -0.25) is 0 Å². The zero-order valence-corrected chi connectivity index (χ0v) is 9.79. The predicted octanol–water partition coefficient (Wildman–Crippen LogP) is 3.10. The van der Waals surface area contributed by atoms with E-state index in [1.807, 2.05) is 24.3 Å². The lowest BCUT2D eigenvalue weighted by molar-refractivity contribution is 0.0691. The van der Waals surface area contributed by atoms with Crippen molar-refractivity contribution in [3.63, 3.8) is 0 Å². The molecule has 0 aliphatic carbocycles. The lowest BCUT2D eigenvalue weighted by Crippen LogP contribution is -1.98. The second-order valence-electron chi connectivity index (χ2n) is 4.34. The number of aromatic hydroxyl groups is 2. The maximum atomic E-state index is 11.0. The van der Waals surface area contributed by atoms with Gasteiger partial charge in [0.2, 0.25) is 0 Å². The van der Waals surface area contributed by atoms with Gasteiger partial charge in [0.15, 0.2) is 0 Å². The third kappa shape index (κ3) is 1.65. The second kappa shape index (κ2) is 3.88. The van der Waals surface area contributed by atoms with Crippen LogP contribution in [0.25, 0.3) is 21.5 Å². The Balaban J connectivity index is 2.48. The summed E-state index contributed by atoms with van der Waals surface area (Å²) < 4.78 is 0. The Labute approximate surface area is 108 Å². The fraction of sp³-hybridized carbons (Fsp3) is 0. The van der Waals surface area contributed by atoms with Crippen molar-refractivity contribution >= 4 is 27.5 Å². The van der Waals surface area contributed by atoms with Crippen LogP contribution in [-0.4, -0.2) is 21.3 Å². The minimum Gasteiger partial charge on any atom is -0.507 e. The smallest absolute Gasteiger partial charge is 0.343 e. The van der Waals surface area contributed by atoms with Crippen LogP contribution in [0.15, 0.2) is 42.5 Å². The van der Waals surface area contributed by atoms with E-state index in [1.54, 1.807) is 12.1 Å². The molecule has 4 nitrogen and oxygen atoms in total. The highest BCUT2D eigenvalue weighted by Crippen LogP contribution is 2.37. The van der Waals surface area contributed by atoms with Crippen LogP contribution in [0.2, 0.25) is 0 Å². The van der Waals surface area contributed by atoms with Crippen molar-refractivity contribution in [2.45, 2.75) is 0 Å². The van der Waals surface area contributed by atoms with Gasteiger partial charge in [-0.05, 0) is 34.4 Å². The maximum Gasteiger partial charge on any atom is 0.343 e. The lowest BCUT2D eigenvalue weighted by atomic mass is 10.00. The molecule has 0 amide bonds. The molecular formula is C15H10O4. The number of phenols is 2. The van der Waals surface area contributed by atoms with Crippen molar-refractivity contribution in [2.24, 2.45) is 0 Å². The SMILES string of the molecule is O=C(O)c1c(O)cc2cc3ccccc3cc2c1O. The topological polar surface area (TPSA) is 77.8 Å². The van der Waals surface area contributed by atoms with Crippen molar-refractivity contribution < 1.29 is 20.1 Å². The van der Waals surface area contributed by atoms with Gasteiger partial charge in [0, 0.05) is 5.39 Å². The van der Waals surface area contributed by atoms with E-state index < -0.39 is 23.0 Å². The quantitative estimate of drug-likeness (QED) is 0.583. The van der Waals surface area contributed by atoms with Crippen LogP contribution in [-0.2, 0) is 0 Å². The number of fused-ring (bicyclic) bond motifs is 2. The van der Waals surface area contributed by atoms with Gasteiger partial charge < -0.3 is 15.3 Å². The third-order valence-electron chi connectivity index (χ3n) is 3.17. The van der Waals surface area contributed by atoms with Crippen LogP contribution in [0.3, 0.4) is 0 Å². The van der Waals surface area contributed by atoms with Crippen molar-refractivity contribution in [3.05, 3.63) is 48.0 Å². The molecule has 0 heterocycles. The van der Waals surface area contributed by atoms with Gasteiger partial charge in [0.1, 0.15) is 17.1 Å². The largest absolute Gasteiger partial charge is 0.507 e. The highest BCUT2D eigenvalue weighted by molar-refractivity contribution is 6.07. The first-order valence-electron chi connectivity index (χ1n) is 5.68. The van der Waals surface area contributed by atoms with Gasteiger partial charge in [-0.25, -0.2) is 4.79 Å². The second-order valence-corrected chi connectivity index (χ2v) is 4.34. The fourth-order valence-corrected chi connectivity index (χ4v) is 2.27. The molecule has 0 spiro atoms. The molecular weight excluding hydrogens is 244 g/mol. The van der Waals surface area contributed by atoms with E-state index in [9.17, 15) is 15.0 Å². The third-order valence-corrected chi connectivity index (χ3v) is 3.17. The van der Waals surface area contributed by atoms with Gasteiger partial charge in [-0.15, -0.1) is 0 Å². The fourth-order valence-electron chi connectivity index (χ4n) is 2.27. The van der Waals surface area contributed by atoms with Crippen LogP contribution in [0.4, 0.5) is 0 Å². The minimum atomic E-state index is -1.36. The van der Waals surface area contributed by atoms with Gasteiger partial charge in [0.05, 0.1) is 0 Å². The van der Waals surface area contributed by atoms with Crippen molar-refractivity contribution in [3.8, 4) is 11.5 Å². The number of hydrogen-bond acceptors (Lipinski definition) is 3. The molecule has 0 atom stereocenters. The van der Waals surface area contributed by atoms with Crippen LogP contribution < -0.4 is 0 Å². The normalized spacial score (nSPS) is 10.9. The Morgan fingerprint density at radius 2 is 1.53 bits per heavy atom. The van der Waals surface area contributed by atoms with Crippen LogP contribution in [0.5, 0.6) is 11.5 Å². The molecule has 0 radical (unpaired) electrons. The molecule has 0 fully saturated rings. The molecule has 0 saturated carbocycles. The number of rotatable bonds is 1. The number of hydrogen-bond donors (Lipinski definition) is 3. The Morgan fingerprint density at radius 3 is 2.16 bits per heavy atom. The van der Waals surface area contributed by atoms with E-state index in [-0.39, 0.29) is 0 Å². The molecule has 3 N–H and O–H groups in total. The van der Waals surface area contributed by atoms with E-state index in [4.69, 9.17) is 5.11 Å². The van der Waals surface area contributed by atoms with Gasteiger partial charge >= 0.3 is 5.97 Å². The van der Waals surface area contributed by atoms with E-state index in [1.165, 1.54) is 6.07 Å². The van der Waals surface area contributed by atoms with E-state index >= 15 is 0 Å². The average molecular weight is 254 g/mol. The summed E-state index contributed by atoms with van der Waals surface area (Å²) in [7, 11) is 0. The zero-order valence-electron chi connectivity index (χ0n) is 9.79. The number of benzene rings is 3. The van der Waals surface area contributed by atoms with Crippen LogP contribution in [0, 0.1) is 0 Å². The summed E-state index contributed by atoms with van der Waals surface area (Å²) >= 11 is 0. The zero-order chi connectivity index (χ0) is 13.6. The highest BCUT2D eigenvalue weighted by atomic mass is 16.4. The predicted molar refractivity (Wildman–Crippen MR) is 71.7 cm³/mol. The molecule has 0 bridgehead atoms. The van der Waals surface area contributed by atoms with E-state index in [2.05, 4.69) is 0 Å². The summed E-state index contributed by atoms with van der Waals surface area (Å²) in [4.78, 5) is 11.0. The molecule has 0 unspecified atom stereocenters. The Hall–Kier alpha value is -2.75. The van der Waals surface area contributed by atoms with Crippen molar-refractivity contribution in [2.75, 3.05) is 0 Å². The highest BCUT2D eigenvalue weighted by Gasteiger charge is 2.18. The number of aromatic carboxylic acids is 1. The first-order valence-corrected chi connectivity index (χ1v) is 5.68. The molecule has 94 valence electrons. The molecule has 3 aromatic carbocycles. The standard InChI is InChI=1S/C15H10O4/c16-12-7-10-5-8-3-1-2-4-9(8)6-11(10)14(17)13(12)15(18)19/h1-7,16-17H,(H,18,19). The number of carbonyl (C=O) groups is 1. The first-order chi connectivity index (χ1) is 9.08. The number of carboxylic acid groups (broad SMARTS) is 1. The monoisotopic (exact) mass is 254 g/mol. The molecule has 3 aromatic rings. The minimum absolute atomic E-state index is 0.409. The average Bonchev–Trinajstić information content (AvgIpc) is 2.36. The molecule has 3 rings (SSSR count). The van der Waals surface area contributed by atoms with Gasteiger partial charge in [0.25, 0.3) is 0 Å². The Kier molecular flexibility index (Phi) is 2.32. The summed E-state index contributed by atoms with van der Waals surface area (Å²) in [6.45, 7) is 0. The summed E-state index contributed by atoms with van der Waals surface area (Å²) in [6.07, 6.45) is 0. The molecule has 0 aliphatic heterocycles. The van der Waals surface area contributed by atoms with E-state index in [0.717, 1.165) is 10.8 Å². The number of carboxylic acids is 1. The summed E-state index contributed by atoms with van der Waals surface area (Å²) in [5.41, 5.74) is -0.470. The van der Waals surface area contributed by atoms with Crippen LogP contribution in [0.1, 0.15) is 10.4 Å². The van der Waals surface area contributed by atoms with Gasteiger partial charge in [-0.1, -0.05) is 24.3 Å². The summed E-state index contributed by atoms with van der Waals surface area (Å²) in [5.74, 6) is -2.20. The lowest BCUT2D eigenvalue weighted by Gasteiger charge is -2.08. The van der Waals surface area contributed by atoms with E-state index in [0.29, 0.717) is 10.8 Å². The Morgan fingerprint density at radius 1 is 0.895 bits per heavy atom. The molecule has 4 heteroatoms.